The third kappa shape index (κ3) is 4.35. The second-order valence-electron chi connectivity index (χ2n) is 5.80. The van der Waals surface area contributed by atoms with Gasteiger partial charge in [0.1, 0.15) is 5.82 Å². The van der Waals surface area contributed by atoms with Gasteiger partial charge >= 0.3 is 0 Å². The van der Waals surface area contributed by atoms with Crippen molar-refractivity contribution >= 4 is 5.82 Å². The minimum atomic E-state index is 0.265. The lowest BCUT2D eigenvalue weighted by Gasteiger charge is -2.28. The molecule has 0 saturated carbocycles. The van der Waals surface area contributed by atoms with E-state index in [1.54, 1.807) is 0 Å². The van der Waals surface area contributed by atoms with E-state index in [0.29, 0.717) is 6.54 Å². The zero-order valence-electron chi connectivity index (χ0n) is 11.7. The van der Waals surface area contributed by atoms with Crippen LogP contribution in [0.1, 0.15) is 39.0 Å². The summed E-state index contributed by atoms with van der Waals surface area (Å²) in [6.45, 7) is 10.4. The molecule has 0 aliphatic heterocycles. The predicted molar refractivity (Wildman–Crippen MR) is 74.2 cm³/mol. The molecule has 0 aliphatic carbocycles. The molecule has 3 nitrogen and oxygen atoms in total. The van der Waals surface area contributed by atoms with Crippen molar-refractivity contribution in [3.05, 3.63) is 23.4 Å². The van der Waals surface area contributed by atoms with Gasteiger partial charge in [-0.3, -0.25) is 0 Å². The lowest BCUT2D eigenvalue weighted by molar-refractivity contribution is 0.417. The van der Waals surface area contributed by atoms with Gasteiger partial charge in [-0.05, 0) is 29.5 Å². The van der Waals surface area contributed by atoms with Gasteiger partial charge in [-0.1, -0.05) is 27.7 Å². The van der Waals surface area contributed by atoms with Gasteiger partial charge in [0, 0.05) is 25.8 Å². The van der Waals surface area contributed by atoms with Gasteiger partial charge in [-0.15, -0.1) is 0 Å². The van der Waals surface area contributed by atoms with Crippen LogP contribution in [0.25, 0.3) is 0 Å². The van der Waals surface area contributed by atoms with Crippen LogP contribution in [-0.4, -0.2) is 18.6 Å². The summed E-state index contributed by atoms with van der Waals surface area (Å²) in [5.74, 6) is 1.03. The molecular weight excluding hydrogens is 210 g/mol. The number of hydrogen-bond donors (Lipinski definition) is 1. The first-order valence-electron chi connectivity index (χ1n) is 6.26. The summed E-state index contributed by atoms with van der Waals surface area (Å²) in [6.07, 6.45) is 0.949. The van der Waals surface area contributed by atoms with Crippen LogP contribution in [0.5, 0.6) is 0 Å². The third-order valence-electron chi connectivity index (χ3n) is 2.63. The van der Waals surface area contributed by atoms with Crippen molar-refractivity contribution in [1.29, 1.82) is 0 Å². The van der Waals surface area contributed by atoms with Crippen molar-refractivity contribution in [2.75, 3.05) is 18.5 Å². The van der Waals surface area contributed by atoms with Crippen LogP contribution in [-0.2, 0) is 13.0 Å². The standard InChI is InChI=1S/C14H25N3/c1-6-12-7-11(9-15)8-13(16-12)17(5)10-14(2,3)4/h7-8H,6,9-10,15H2,1-5H3. The van der Waals surface area contributed by atoms with Crippen LogP contribution in [0.3, 0.4) is 0 Å². The SMILES string of the molecule is CCc1cc(CN)cc(N(C)CC(C)(C)C)n1. The molecule has 0 atom stereocenters. The molecule has 3 heteroatoms. The second kappa shape index (κ2) is 5.50. The zero-order chi connectivity index (χ0) is 13.1. The Morgan fingerprint density at radius 1 is 1.29 bits per heavy atom. The van der Waals surface area contributed by atoms with E-state index >= 15 is 0 Å². The highest BCUT2D eigenvalue weighted by Crippen LogP contribution is 2.20. The van der Waals surface area contributed by atoms with Crippen molar-refractivity contribution in [2.45, 2.75) is 40.7 Å². The Hall–Kier alpha value is -1.09. The van der Waals surface area contributed by atoms with Gasteiger partial charge in [0.25, 0.3) is 0 Å². The molecule has 96 valence electrons. The van der Waals surface area contributed by atoms with Gasteiger partial charge in [0.05, 0.1) is 0 Å². The Balaban J connectivity index is 2.96. The van der Waals surface area contributed by atoms with Crippen LogP contribution in [0.15, 0.2) is 12.1 Å². The van der Waals surface area contributed by atoms with Crippen molar-refractivity contribution in [2.24, 2.45) is 11.1 Å². The van der Waals surface area contributed by atoms with Crippen LogP contribution in [0.2, 0.25) is 0 Å². The maximum absolute atomic E-state index is 5.72. The van der Waals surface area contributed by atoms with Crippen molar-refractivity contribution in [1.82, 2.24) is 4.98 Å². The van der Waals surface area contributed by atoms with E-state index in [1.807, 2.05) is 0 Å². The Labute approximate surface area is 105 Å². The number of hydrogen-bond acceptors (Lipinski definition) is 3. The van der Waals surface area contributed by atoms with Crippen LogP contribution < -0.4 is 10.6 Å². The number of nitrogens with two attached hydrogens (primary N) is 1. The summed E-state index contributed by atoms with van der Waals surface area (Å²) in [5.41, 5.74) is 8.26. The second-order valence-corrected chi connectivity index (χ2v) is 5.80. The van der Waals surface area contributed by atoms with E-state index in [4.69, 9.17) is 5.73 Å². The summed E-state index contributed by atoms with van der Waals surface area (Å²) in [7, 11) is 2.09. The third-order valence-corrected chi connectivity index (χ3v) is 2.63. The summed E-state index contributed by atoms with van der Waals surface area (Å²) in [6, 6.07) is 4.18. The fourth-order valence-corrected chi connectivity index (χ4v) is 1.92. The minimum Gasteiger partial charge on any atom is -0.359 e. The number of anilines is 1. The lowest BCUT2D eigenvalue weighted by Crippen LogP contribution is -2.30. The molecule has 17 heavy (non-hydrogen) atoms. The van der Waals surface area contributed by atoms with Crippen molar-refractivity contribution in [3.63, 3.8) is 0 Å². The first-order chi connectivity index (χ1) is 7.85. The molecule has 1 aromatic heterocycles. The highest BCUT2D eigenvalue weighted by atomic mass is 15.2. The molecule has 1 rings (SSSR count). The highest BCUT2D eigenvalue weighted by Gasteiger charge is 2.15. The number of aromatic nitrogens is 1. The van der Waals surface area contributed by atoms with Crippen LogP contribution in [0.4, 0.5) is 5.82 Å². The first kappa shape index (κ1) is 14.0. The maximum Gasteiger partial charge on any atom is 0.128 e. The fourth-order valence-electron chi connectivity index (χ4n) is 1.92. The molecule has 0 saturated heterocycles. The van der Waals surface area contributed by atoms with Crippen molar-refractivity contribution < 1.29 is 0 Å². The molecular formula is C14H25N3. The Morgan fingerprint density at radius 3 is 2.41 bits per heavy atom. The zero-order valence-corrected chi connectivity index (χ0v) is 11.7. The summed E-state index contributed by atoms with van der Waals surface area (Å²) >= 11 is 0. The topological polar surface area (TPSA) is 42.1 Å². The largest absolute Gasteiger partial charge is 0.359 e. The molecule has 1 aromatic rings. The number of rotatable bonds is 4. The van der Waals surface area contributed by atoms with E-state index in [2.05, 4.69) is 56.8 Å². The molecule has 2 N–H and O–H groups in total. The summed E-state index contributed by atoms with van der Waals surface area (Å²) < 4.78 is 0. The first-order valence-corrected chi connectivity index (χ1v) is 6.26. The van der Waals surface area contributed by atoms with Crippen molar-refractivity contribution in [3.8, 4) is 0 Å². The normalized spacial score (nSPS) is 11.6. The molecule has 0 unspecified atom stereocenters. The number of nitrogens with zero attached hydrogens (tertiary/aromatic N) is 2. The average molecular weight is 235 g/mol. The van der Waals surface area contributed by atoms with E-state index in [0.717, 1.165) is 30.0 Å². The average Bonchev–Trinajstić information content (AvgIpc) is 2.26. The van der Waals surface area contributed by atoms with Gasteiger partial charge in [0.15, 0.2) is 0 Å². The molecule has 1 heterocycles. The summed E-state index contributed by atoms with van der Waals surface area (Å²) in [5, 5.41) is 0. The Morgan fingerprint density at radius 2 is 1.94 bits per heavy atom. The van der Waals surface area contributed by atoms with E-state index in [-0.39, 0.29) is 5.41 Å². The quantitative estimate of drug-likeness (QED) is 0.872. The predicted octanol–water partition coefficient (Wildman–Crippen LogP) is 2.59. The van der Waals surface area contributed by atoms with E-state index < -0.39 is 0 Å². The monoisotopic (exact) mass is 235 g/mol. The number of pyridine rings is 1. The fraction of sp³-hybridized carbons (Fsp3) is 0.643. The Kier molecular flexibility index (Phi) is 4.52. The molecule has 0 spiro atoms. The minimum absolute atomic E-state index is 0.265. The smallest absolute Gasteiger partial charge is 0.128 e. The van der Waals surface area contributed by atoms with Crippen LogP contribution in [0, 0.1) is 5.41 Å². The number of aryl methyl sites for hydroxylation is 1. The molecule has 0 amide bonds. The maximum atomic E-state index is 5.72. The molecule has 0 aromatic carbocycles. The molecule has 0 bridgehead atoms. The van der Waals surface area contributed by atoms with Gasteiger partial charge < -0.3 is 10.6 Å². The van der Waals surface area contributed by atoms with Crippen LogP contribution >= 0.6 is 0 Å². The van der Waals surface area contributed by atoms with E-state index in [1.165, 1.54) is 0 Å². The molecule has 0 aliphatic rings. The van der Waals surface area contributed by atoms with Gasteiger partial charge in [0.2, 0.25) is 0 Å². The molecule has 0 radical (unpaired) electrons. The van der Waals surface area contributed by atoms with E-state index in [9.17, 15) is 0 Å². The highest BCUT2D eigenvalue weighted by molar-refractivity contribution is 5.42. The lowest BCUT2D eigenvalue weighted by atomic mass is 9.96. The molecule has 0 fully saturated rings. The summed E-state index contributed by atoms with van der Waals surface area (Å²) in [4.78, 5) is 6.86. The van der Waals surface area contributed by atoms with Gasteiger partial charge in [-0.2, -0.15) is 0 Å². The van der Waals surface area contributed by atoms with Gasteiger partial charge in [-0.25, -0.2) is 4.98 Å². The Bertz CT molecular complexity index is 344.